The van der Waals surface area contributed by atoms with Crippen molar-refractivity contribution in [1.82, 2.24) is 15.6 Å². The third-order valence-corrected chi connectivity index (χ3v) is 9.64. The van der Waals surface area contributed by atoms with Crippen LogP contribution in [0.2, 0.25) is 0 Å². The van der Waals surface area contributed by atoms with Gasteiger partial charge >= 0.3 is 41.8 Å². The molecular weight excluding hydrogens is 886 g/mol. The molecule has 0 saturated carbocycles. The number of hydrogen-bond donors (Lipinski definition) is 3. The van der Waals surface area contributed by atoms with Crippen molar-refractivity contribution in [1.29, 1.82) is 0 Å². The van der Waals surface area contributed by atoms with Crippen LogP contribution in [-0.4, -0.2) is 130 Å². The number of halogens is 1. The molecule has 1 aromatic carbocycles. The second-order valence-electron chi connectivity index (χ2n) is 12.4. The molecule has 2 heterocycles. The maximum atomic E-state index is 12.9. The first-order valence-electron chi connectivity index (χ1n) is 17.0. The quantitative estimate of drug-likeness (QED) is 0.0883. The van der Waals surface area contributed by atoms with Crippen molar-refractivity contribution in [2.75, 3.05) is 13.2 Å². The van der Waals surface area contributed by atoms with Crippen molar-refractivity contribution in [2.45, 2.75) is 115 Å². The van der Waals surface area contributed by atoms with Gasteiger partial charge in [0.1, 0.15) is 31.5 Å². The van der Waals surface area contributed by atoms with Gasteiger partial charge in [0.15, 0.2) is 48.2 Å². The van der Waals surface area contributed by atoms with Gasteiger partial charge < -0.3 is 52.7 Å². The van der Waals surface area contributed by atoms with E-state index < -0.39 is 131 Å². The van der Waals surface area contributed by atoms with Gasteiger partial charge in [-0.05, 0) is 36.5 Å². The summed E-state index contributed by atoms with van der Waals surface area (Å²) in [5, 5.41) is 2.17. The number of hydrogen-bond acceptors (Lipinski definition) is 20. The number of hydrazine groups is 1. The van der Waals surface area contributed by atoms with Crippen LogP contribution in [0.5, 0.6) is 0 Å². The number of carbonyl (C=O) groups is 7. The lowest BCUT2D eigenvalue weighted by molar-refractivity contribution is -0.345. The van der Waals surface area contributed by atoms with Gasteiger partial charge in [0.2, 0.25) is 0 Å². The van der Waals surface area contributed by atoms with E-state index in [-0.39, 0.29) is 4.90 Å². The van der Waals surface area contributed by atoms with E-state index in [4.69, 9.17) is 59.6 Å². The molecule has 10 atom stereocenters. The number of ether oxygens (including phenoxy) is 10. The largest absolute Gasteiger partial charge is 0.463 e. The highest BCUT2D eigenvalue weighted by Crippen LogP contribution is 2.35. The molecule has 0 radical (unpaired) electrons. The van der Waals surface area contributed by atoms with Crippen LogP contribution in [0.4, 0.5) is 0 Å². The van der Waals surface area contributed by atoms with Crippen LogP contribution in [-0.2, 0) is 91.0 Å². The Morgan fingerprint density at radius 2 is 1.05 bits per heavy atom. The molecule has 322 valence electrons. The predicted octanol–water partition coefficient (Wildman–Crippen LogP) is -0.274. The molecule has 2 aliphatic heterocycles. The van der Waals surface area contributed by atoms with E-state index >= 15 is 0 Å². The minimum absolute atomic E-state index is 0.142. The third kappa shape index (κ3) is 14.4. The van der Waals surface area contributed by atoms with Crippen molar-refractivity contribution in [3.63, 3.8) is 0 Å². The zero-order chi connectivity index (χ0) is 43.5. The van der Waals surface area contributed by atoms with Gasteiger partial charge in [0, 0.05) is 52.9 Å². The first-order chi connectivity index (χ1) is 27.1. The Bertz CT molecular complexity index is 1820. The maximum absolute atomic E-state index is 12.9. The predicted molar refractivity (Wildman–Crippen MR) is 197 cm³/mol. The minimum Gasteiger partial charge on any atom is -0.463 e. The summed E-state index contributed by atoms with van der Waals surface area (Å²) < 4.78 is 82.6. The Balaban J connectivity index is 2.09. The third-order valence-electron chi connectivity index (χ3n) is 7.62. The van der Waals surface area contributed by atoms with Crippen LogP contribution in [0.3, 0.4) is 0 Å². The summed E-state index contributed by atoms with van der Waals surface area (Å²) in [7, 11) is -4.20. The Morgan fingerprint density at radius 3 is 1.53 bits per heavy atom. The molecule has 0 aliphatic carbocycles. The maximum Gasteiger partial charge on any atom is 0.303 e. The summed E-state index contributed by atoms with van der Waals surface area (Å²) in [4.78, 5) is 88.0. The fraction of sp³-hybridized carbons (Fsp3) is 0.576. The Hall–Kier alpha value is -4.53. The van der Waals surface area contributed by atoms with E-state index in [1.807, 2.05) is 0 Å². The van der Waals surface area contributed by atoms with Crippen molar-refractivity contribution in [3.05, 3.63) is 28.7 Å². The molecule has 0 amide bonds. The Kier molecular flexibility index (Phi) is 17.7. The molecule has 2 aliphatic rings. The SMILES string of the molecule is CC(=O)OC[C@H]1O[C@@H](O[C@H]2[C@H](OC(C)=O)[C@@H](OC(C)=O)C(NC(=S)NNS(=O)(=O)c3ccc(Br)cc3)O[C@@H]2COC(C)=O)[C@H](OC(C)=O)[C@@H](OC(C)=O)[C@H]1OC(C)=O. The summed E-state index contributed by atoms with van der Waals surface area (Å²) in [6, 6.07) is 5.59. The summed E-state index contributed by atoms with van der Waals surface area (Å²) in [6.07, 6.45) is -16.6. The van der Waals surface area contributed by atoms with Gasteiger partial charge in [0.25, 0.3) is 10.0 Å². The van der Waals surface area contributed by atoms with Crippen LogP contribution in [0.15, 0.2) is 33.6 Å². The molecule has 3 N–H and O–H groups in total. The van der Waals surface area contributed by atoms with Crippen molar-refractivity contribution < 1.29 is 89.3 Å². The standard InChI is InChI=1S/C33H42BrN3O19S2/c1-14(38)47-12-23-26(56-32-30(53-20(7)44)28(51-18(5)42)25(49-16(3)40)24(55-32)13-48-15(2)39)27(50-17(4)41)29(52-19(6)43)31(54-23)35-33(57)36-37-58(45,46)22-10-8-21(34)9-11-22/h8-11,23-32,37H,12-13H2,1-7H3,(H2,35,36,57)/t23-,24-,25+,26-,27+,28+,29-,30-,31?,32+/m1/s1. The summed E-state index contributed by atoms with van der Waals surface area (Å²) in [5.41, 5.74) is 2.29. The van der Waals surface area contributed by atoms with Gasteiger partial charge in [-0.15, -0.1) is 4.83 Å². The second-order valence-corrected chi connectivity index (χ2v) is 15.4. The van der Waals surface area contributed by atoms with Gasteiger partial charge in [-0.1, -0.05) is 15.9 Å². The van der Waals surface area contributed by atoms with Crippen LogP contribution in [0.25, 0.3) is 0 Å². The van der Waals surface area contributed by atoms with E-state index in [2.05, 4.69) is 31.5 Å². The van der Waals surface area contributed by atoms with Crippen molar-refractivity contribution in [2.24, 2.45) is 0 Å². The lowest BCUT2D eigenvalue weighted by Gasteiger charge is -2.49. The molecule has 0 aromatic heterocycles. The number of sulfonamides is 1. The van der Waals surface area contributed by atoms with Crippen LogP contribution in [0.1, 0.15) is 48.5 Å². The zero-order valence-electron chi connectivity index (χ0n) is 31.9. The Labute approximate surface area is 345 Å². The summed E-state index contributed by atoms with van der Waals surface area (Å²) >= 11 is 8.51. The molecule has 2 fully saturated rings. The number of nitrogens with one attached hydrogen (secondary N) is 3. The van der Waals surface area contributed by atoms with E-state index in [1.165, 1.54) is 24.3 Å². The highest BCUT2D eigenvalue weighted by Gasteiger charge is 2.57. The van der Waals surface area contributed by atoms with E-state index in [0.717, 1.165) is 48.5 Å². The van der Waals surface area contributed by atoms with E-state index in [9.17, 15) is 42.0 Å². The molecular formula is C33H42BrN3O19S2. The molecule has 2 saturated heterocycles. The van der Waals surface area contributed by atoms with Gasteiger partial charge in [0.05, 0.1) is 4.90 Å². The average Bonchev–Trinajstić information content (AvgIpc) is 3.09. The smallest absolute Gasteiger partial charge is 0.303 e. The fourth-order valence-electron chi connectivity index (χ4n) is 5.58. The first kappa shape index (κ1) is 47.8. The summed E-state index contributed by atoms with van der Waals surface area (Å²) in [5.74, 6) is -6.32. The van der Waals surface area contributed by atoms with Crippen molar-refractivity contribution in [3.8, 4) is 0 Å². The van der Waals surface area contributed by atoms with Gasteiger partial charge in [-0.3, -0.25) is 39.0 Å². The number of carbonyl (C=O) groups excluding carboxylic acids is 7. The van der Waals surface area contributed by atoms with E-state index in [0.29, 0.717) is 4.47 Å². The molecule has 0 spiro atoms. The number of benzene rings is 1. The van der Waals surface area contributed by atoms with Gasteiger partial charge in [-0.25, -0.2) is 8.42 Å². The number of rotatable bonds is 15. The monoisotopic (exact) mass is 927 g/mol. The molecule has 0 bridgehead atoms. The second kappa shape index (κ2) is 21.5. The first-order valence-corrected chi connectivity index (χ1v) is 19.7. The van der Waals surface area contributed by atoms with Gasteiger partial charge in [-0.2, -0.15) is 0 Å². The highest BCUT2D eigenvalue weighted by atomic mass is 79.9. The lowest BCUT2D eigenvalue weighted by atomic mass is 9.95. The molecule has 58 heavy (non-hydrogen) atoms. The van der Waals surface area contributed by atoms with E-state index in [1.54, 1.807) is 0 Å². The highest BCUT2D eigenvalue weighted by molar-refractivity contribution is 9.10. The minimum atomic E-state index is -4.20. The topological polar surface area (TPSA) is 282 Å². The summed E-state index contributed by atoms with van der Waals surface area (Å²) in [6.45, 7) is 5.88. The lowest BCUT2D eigenvalue weighted by Crippen LogP contribution is -2.69. The molecule has 22 nitrogen and oxygen atoms in total. The number of thiocarbonyl (C=S) groups is 1. The molecule has 1 aromatic rings. The van der Waals surface area contributed by atoms with Crippen molar-refractivity contribution >= 4 is 85.1 Å². The van der Waals surface area contributed by atoms with Crippen LogP contribution >= 0.6 is 28.1 Å². The average molecular weight is 929 g/mol. The molecule has 1 unspecified atom stereocenters. The fourth-order valence-corrected chi connectivity index (χ4v) is 6.92. The number of esters is 7. The molecule has 25 heteroatoms. The molecule has 3 rings (SSSR count). The van der Waals surface area contributed by atoms with Crippen LogP contribution in [0, 0.1) is 0 Å². The zero-order valence-corrected chi connectivity index (χ0v) is 35.2. The Morgan fingerprint density at radius 1 is 0.621 bits per heavy atom. The van der Waals surface area contributed by atoms with Crippen LogP contribution < -0.4 is 15.6 Å². The normalized spacial score (nSPS) is 26.8.